The summed E-state index contributed by atoms with van der Waals surface area (Å²) in [7, 11) is 0. The Morgan fingerprint density at radius 3 is 2.27 bits per heavy atom. The van der Waals surface area contributed by atoms with E-state index in [1.165, 1.54) is 0 Å². The van der Waals surface area contributed by atoms with Crippen LogP contribution in [0.2, 0.25) is 0 Å². The molecule has 7 heteroatoms. The van der Waals surface area contributed by atoms with E-state index in [4.69, 9.17) is 24.1 Å². The average molecular weight is 505 g/mol. The van der Waals surface area contributed by atoms with Crippen LogP contribution in [-0.4, -0.2) is 43.0 Å². The van der Waals surface area contributed by atoms with Crippen molar-refractivity contribution in [3.05, 3.63) is 101 Å². The highest BCUT2D eigenvalue weighted by Crippen LogP contribution is 2.18. The van der Waals surface area contributed by atoms with Crippen LogP contribution in [0.5, 0.6) is 11.5 Å². The maximum Gasteiger partial charge on any atom is 0.335 e. The van der Waals surface area contributed by atoms with Gasteiger partial charge in [-0.05, 0) is 73.0 Å². The van der Waals surface area contributed by atoms with Gasteiger partial charge in [-0.2, -0.15) is 0 Å². The summed E-state index contributed by atoms with van der Waals surface area (Å²) in [6, 6.07) is 21.9. The number of aromatic carboxylic acids is 1. The molecule has 0 amide bonds. The van der Waals surface area contributed by atoms with Crippen molar-refractivity contribution in [2.24, 2.45) is 0 Å². The van der Waals surface area contributed by atoms with Crippen molar-refractivity contribution in [3.63, 3.8) is 0 Å². The lowest BCUT2D eigenvalue weighted by atomic mass is 10.1. The summed E-state index contributed by atoms with van der Waals surface area (Å²) < 4.78 is 22.3. The van der Waals surface area contributed by atoms with Gasteiger partial charge in [0, 0.05) is 13.0 Å². The number of esters is 1. The topological polar surface area (TPSA) is 91.3 Å². The van der Waals surface area contributed by atoms with Gasteiger partial charge in [0.1, 0.15) is 24.7 Å². The fourth-order valence-corrected chi connectivity index (χ4v) is 3.53. The molecule has 3 aromatic rings. The summed E-state index contributed by atoms with van der Waals surface area (Å²) in [5, 5.41) is 8.99. The van der Waals surface area contributed by atoms with E-state index in [0.29, 0.717) is 38.6 Å². The SMILES string of the molecule is CCOC(=O)C(Cc1ccc(OC/C=C/c2cccc(OCc3ccc(C(=O)O)cc3)c2)cc1)OCC. The van der Waals surface area contributed by atoms with Crippen molar-refractivity contribution in [3.8, 4) is 11.5 Å². The molecule has 0 saturated heterocycles. The number of ether oxygens (including phenoxy) is 4. The summed E-state index contributed by atoms with van der Waals surface area (Å²) in [6.45, 7) is 5.13. The minimum Gasteiger partial charge on any atom is -0.490 e. The van der Waals surface area contributed by atoms with Crippen molar-refractivity contribution < 1.29 is 33.6 Å². The Morgan fingerprint density at radius 2 is 1.59 bits per heavy atom. The van der Waals surface area contributed by atoms with Crippen molar-refractivity contribution in [1.82, 2.24) is 0 Å². The first-order valence-electron chi connectivity index (χ1n) is 12.2. The number of carboxylic acids is 1. The lowest BCUT2D eigenvalue weighted by Gasteiger charge is -2.15. The van der Waals surface area contributed by atoms with Gasteiger partial charge in [-0.15, -0.1) is 0 Å². The Hall–Kier alpha value is -4.10. The number of carbonyl (C=O) groups excluding carboxylic acids is 1. The van der Waals surface area contributed by atoms with Crippen molar-refractivity contribution in [1.29, 1.82) is 0 Å². The monoisotopic (exact) mass is 504 g/mol. The summed E-state index contributed by atoms with van der Waals surface area (Å²) in [5.41, 5.74) is 3.07. The molecule has 0 aliphatic heterocycles. The summed E-state index contributed by atoms with van der Waals surface area (Å²) in [5.74, 6) is 0.144. The molecule has 7 nitrogen and oxygen atoms in total. The molecule has 0 heterocycles. The van der Waals surface area contributed by atoms with Gasteiger partial charge in [0.25, 0.3) is 0 Å². The van der Waals surface area contributed by atoms with Crippen LogP contribution in [-0.2, 0) is 27.3 Å². The third-order valence-corrected chi connectivity index (χ3v) is 5.38. The van der Waals surface area contributed by atoms with Crippen LogP contribution in [0.25, 0.3) is 6.08 Å². The van der Waals surface area contributed by atoms with Crippen LogP contribution in [0.3, 0.4) is 0 Å². The second kappa shape index (κ2) is 14.5. The van der Waals surface area contributed by atoms with Crippen LogP contribution < -0.4 is 9.47 Å². The Morgan fingerprint density at radius 1 is 0.865 bits per heavy atom. The molecule has 37 heavy (non-hydrogen) atoms. The second-order valence-electron chi connectivity index (χ2n) is 8.12. The predicted octanol–water partition coefficient (Wildman–Crippen LogP) is 5.57. The zero-order valence-corrected chi connectivity index (χ0v) is 21.1. The first kappa shape index (κ1) is 27.5. The number of rotatable bonds is 14. The maximum absolute atomic E-state index is 12.0. The molecular formula is C30H32O7. The normalized spacial score (nSPS) is 11.7. The summed E-state index contributed by atoms with van der Waals surface area (Å²) >= 11 is 0. The van der Waals surface area contributed by atoms with Crippen LogP contribution in [0.1, 0.15) is 40.9 Å². The second-order valence-corrected chi connectivity index (χ2v) is 8.12. The number of carboxylic acid groups (broad SMARTS) is 1. The Balaban J connectivity index is 1.47. The molecule has 0 aliphatic carbocycles. The van der Waals surface area contributed by atoms with Crippen LogP contribution in [0.4, 0.5) is 0 Å². The van der Waals surface area contributed by atoms with Crippen LogP contribution in [0, 0.1) is 0 Å². The van der Waals surface area contributed by atoms with Gasteiger partial charge in [-0.1, -0.05) is 42.5 Å². The molecule has 0 aliphatic rings. The molecule has 0 radical (unpaired) electrons. The zero-order chi connectivity index (χ0) is 26.5. The van der Waals surface area contributed by atoms with Gasteiger partial charge >= 0.3 is 11.9 Å². The molecule has 1 N–H and O–H groups in total. The molecule has 194 valence electrons. The van der Waals surface area contributed by atoms with Gasteiger partial charge in [0.05, 0.1) is 12.2 Å². The smallest absolute Gasteiger partial charge is 0.335 e. The highest BCUT2D eigenvalue weighted by Gasteiger charge is 2.20. The molecule has 0 saturated carbocycles. The number of hydrogen-bond donors (Lipinski definition) is 1. The Bertz CT molecular complexity index is 1170. The van der Waals surface area contributed by atoms with E-state index in [1.54, 1.807) is 31.2 Å². The van der Waals surface area contributed by atoms with E-state index in [2.05, 4.69) is 0 Å². The van der Waals surface area contributed by atoms with Gasteiger partial charge in [-0.3, -0.25) is 0 Å². The fourth-order valence-electron chi connectivity index (χ4n) is 3.53. The first-order valence-corrected chi connectivity index (χ1v) is 12.2. The van der Waals surface area contributed by atoms with Gasteiger partial charge in [-0.25, -0.2) is 9.59 Å². The number of carbonyl (C=O) groups is 2. The van der Waals surface area contributed by atoms with E-state index in [9.17, 15) is 9.59 Å². The van der Waals surface area contributed by atoms with E-state index in [1.807, 2.05) is 67.6 Å². The molecular weight excluding hydrogens is 472 g/mol. The summed E-state index contributed by atoms with van der Waals surface area (Å²) in [4.78, 5) is 23.0. The van der Waals surface area contributed by atoms with Crippen molar-refractivity contribution >= 4 is 18.0 Å². The Labute approximate surface area is 217 Å². The third kappa shape index (κ3) is 9.13. The van der Waals surface area contributed by atoms with E-state index >= 15 is 0 Å². The van der Waals surface area contributed by atoms with Crippen molar-refractivity contribution in [2.75, 3.05) is 19.8 Å². The highest BCUT2D eigenvalue weighted by molar-refractivity contribution is 5.87. The quantitative estimate of drug-likeness (QED) is 0.287. The van der Waals surface area contributed by atoms with Crippen LogP contribution in [0.15, 0.2) is 78.9 Å². The van der Waals surface area contributed by atoms with Gasteiger partial charge in [0.15, 0.2) is 6.10 Å². The molecule has 3 aromatic carbocycles. The lowest BCUT2D eigenvalue weighted by molar-refractivity contribution is -0.156. The Kier molecular flexibility index (Phi) is 10.7. The van der Waals surface area contributed by atoms with E-state index in [0.717, 1.165) is 22.4 Å². The average Bonchev–Trinajstić information content (AvgIpc) is 2.91. The van der Waals surface area contributed by atoms with Crippen LogP contribution >= 0.6 is 0 Å². The molecule has 3 rings (SSSR count). The predicted molar refractivity (Wildman–Crippen MR) is 141 cm³/mol. The maximum atomic E-state index is 12.0. The highest BCUT2D eigenvalue weighted by atomic mass is 16.6. The largest absolute Gasteiger partial charge is 0.490 e. The molecule has 0 bridgehead atoms. The van der Waals surface area contributed by atoms with E-state index in [-0.39, 0.29) is 11.5 Å². The minimum atomic E-state index is -0.949. The van der Waals surface area contributed by atoms with E-state index < -0.39 is 12.1 Å². The zero-order valence-electron chi connectivity index (χ0n) is 21.1. The number of hydrogen-bond acceptors (Lipinski definition) is 6. The molecule has 0 fully saturated rings. The van der Waals surface area contributed by atoms with Crippen molar-refractivity contribution in [2.45, 2.75) is 33.0 Å². The minimum absolute atomic E-state index is 0.248. The molecule has 0 spiro atoms. The molecule has 1 atom stereocenters. The van der Waals surface area contributed by atoms with Gasteiger partial charge in [0.2, 0.25) is 0 Å². The standard InChI is InChI=1S/C30H32O7/c1-3-34-28(30(33)35-4-2)20-23-12-16-26(17-13-23)36-18-6-8-22-7-5-9-27(19-22)37-21-24-10-14-25(15-11-24)29(31)32/h5-17,19,28H,3-4,18,20-21H2,1-2H3,(H,31,32)/b8-6+. The third-order valence-electron chi connectivity index (χ3n) is 5.38. The summed E-state index contributed by atoms with van der Waals surface area (Å²) in [6.07, 6.45) is 3.70. The molecule has 0 aromatic heterocycles. The first-order chi connectivity index (χ1) is 18.0. The van der Waals surface area contributed by atoms with Gasteiger partial charge < -0.3 is 24.1 Å². The number of benzene rings is 3. The lowest BCUT2D eigenvalue weighted by Crippen LogP contribution is -2.28. The fraction of sp³-hybridized carbons (Fsp3) is 0.267. The molecule has 1 unspecified atom stereocenters.